The van der Waals surface area contributed by atoms with Gasteiger partial charge in [-0.1, -0.05) is 24.3 Å². The van der Waals surface area contributed by atoms with Gasteiger partial charge in [0.2, 0.25) is 5.91 Å². The number of nitrogens with one attached hydrogen (secondary N) is 2. The Hall–Kier alpha value is -2.08. The number of aliphatic imine (C=N–C) groups is 1. The summed E-state index contributed by atoms with van der Waals surface area (Å²) in [6.07, 6.45) is 5.17. The Morgan fingerprint density at radius 1 is 1.26 bits per heavy atom. The predicted octanol–water partition coefficient (Wildman–Crippen LogP) is 2.17. The molecule has 1 saturated heterocycles. The summed E-state index contributed by atoms with van der Waals surface area (Å²) < 4.78 is 0. The van der Waals surface area contributed by atoms with Crippen molar-refractivity contribution in [3.05, 3.63) is 35.4 Å². The number of nitrogens with zero attached hydrogens (tertiary/aromatic N) is 2. The molecule has 1 amide bonds. The van der Waals surface area contributed by atoms with Crippen molar-refractivity contribution < 1.29 is 9.90 Å². The first kappa shape index (κ1) is 19.7. The van der Waals surface area contributed by atoms with E-state index >= 15 is 0 Å². The van der Waals surface area contributed by atoms with Crippen molar-refractivity contribution in [3.8, 4) is 0 Å². The van der Waals surface area contributed by atoms with Gasteiger partial charge >= 0.3 is 0 Å². The number of hydrogen-bond donors (Lipinski definition) is 3. The number of aliphatic hydroxyl groups excluding tert-OH is 1. The second kappa shape index (κ2) is 9.74. The first-order valence-electron chi connectivity index (χ1n) is 10.2. The van der Waals surface area contributed by atoms with Crippen molar-refractivity contribution in [3.63, 3.8) is 0 Å². The number of benzene rings is 1. The zero-order valence-electron chi connectivity index (χ0n) is 16.3. The highest BCUT2D eigenvalue weighted by Gasteiger charge is 2.21. The maximum absolute atomic E-state index is 11.8. The molecule has 1 aromatic carbocycles. The molecule has 6 heteroatoms. The summed E-state index contributed by atoms with van der Waals surface area (Å²) in [5, 5.41) is 16.5. The topological polar surface area (TPSA) is 77.0 Å². The molecule has 0 unspecified atom stereocenters. The molecule has 0 atom stereocenters. The van der Waals surface area contributed by atoms with Crippen LogP contribution in [0.5, 0.6) is 0 Å². The van der Waals surface area contributed by atoms with E-state index in [-0.39, 0.29) is 12.0 Å². The fourth-order valence-corrected chi connectivity index (χ4v) is 3.82. The van der Waals surface area contributed by atoms with Crippen molar-refractivity contribution in [1.82, 2.24) is 15.5 Å². The van der Waals surface area contributed by atoms with Crippen LogP contribution in [-0.2, 0) is 17.9 Å². The van der Waals surface area contributed by atoms with Gasteiger partial charge < -0.3 is 20.6 Å². The highest BCUT2D eigenvalue weighted by atomic mass is 16.3. The lowest BCUT2D eigenvalue weighted by Gasteiger charge is -2.27. The average Bonchev–Trinajstić information content (AvgIpc) is 3.07. The SMILES string of the molecule is CCNC(=NCc1cccc(CN2CCCC2=O)c1)NC1CCC(O)CC1. The normalized spacial score (nSPS) is 23.6. The van der Waals surface area contributed by atoms with Crippen LogP contribution in [0.25, 0.3) is 0 Å². The highest BCUT2D eigenvalue weighted by Crippen LogP contribution is 2.18. The van der Waals surface area contributed by atoms with Crippen LogP contribution in [0.1, 0.15) is 56.6 Å². The molecule has 3 N–H and O–H groups in total. The molecule has 2 fully saturated rings. The van der Waals surface area contributed by atoms with Gasteiger partial charge in [0, 0.05) is 32.1 Å². The van der Waals surface area contributed by atoms with Crippen molar-refractivity contribution >= 4 is 11.9 Å². The van der Waals surface area contributed by atoms with E-state index in [4.69, 9.17) is 4.99 Å². The van der Waals surface area contributed by atoms with Gasteiger partial charge in [-0.3, -0.25) is 4.79 Å². The molecule has 6 nitrogen and oxygen atoms in total. The minimum atomic E-state index is -0.146. The summed E-state index contributed by atoms with van der Waals surface area (Å²) in [6.45, 7) is 5.05. The molecule has 1 aromatic rings. The van der Waals surface area contributed by atoms with Crippen LogP contribution in [-0.4, -0.2) is 47.1 Å². The Morgan fingerprint density at radius 3 is 2.74 bits per heavy atom. The lowest BCUT2D eigenvalue weighted by molar-refractivity contribution is -0.128. The molecule has 1 heterocycles. The van der Waals surface area contributed by atoms with Crippen LogP contribution in [0.15, 0.2) is 29.3 Å². The summed E-state index contributed by atoms with van der Waals surface area (Å²) >= 11 is 0. The van der Waals surface area contributed by atoms with Gasteiger partial charge in [0.25, 0.3) is 0 Å². The van der Waals surface area contributed by atoms with Crippen molar-refractivity contribution in [1.29, 1.82) is 0 Å². The van der Waals surface area contributed by atoms with E-state index in [0.717, 1.165) is 62.3 Å². The molecular weight excluding hydrogens is 340 g/mol. The molecule has 1 aliphatic carbocycles. The molecule has 27 heavy (non-hydrogen) atoms. The van der Waals surface area contributed by atoms with Crippen LogP contribution in [0.2, 0.25) is 0 Å². The van der Waals surface area contributed by atoms with E-state index in [9.17, 15) is 9.90 Å². The van der Waals surface area contributed by atoms with Crippen LogP contribution >= 0.6 is 0 Å². The molecule has 0 radical (unpaired) electrons. The van der Waals surface area contributed by atoms with Gasteiger partial charge in [0.15, 0.2) is 5.96 Å². The number of carbonyl (C=O) groups excluding carboxylic acids is 1. The van der Waals surface area contributed by atoms with Crippen LogP contribution in [0.3, 0.4) is 0 Å². The number of amides is 1. The third kappa shape index (κ3) is 5.96. The number of likely N-dealkylation sites (tertiary alicyclic amines) is 1. The third-order valence-corrected chi connectivity index (χ3v) is 5.34. The van der Waals surface area contributed by atoms with E-state index in [1.54, 1.807) is 0 Å². The monoisotopic (exact) mass is 372 g/mol. The summed E-state index contributed by atoms with van der Waals surface area (Å²) in [7, 11) is 0. The Bertz CT molecular complexity index is 653. The van der Waals surface area contributed by atoms with E-state index in [2.05, 4.69) is 35.8 Å². The molecular formula is C21H32N4O2. The molecule has 0 spiro atoms. The Morgan fingerprint density at radius 2 is 2.04 bits per heavy atom. The number of guanidine groups is 1. The van der Waals surface area contributed by atoms with Crippen molar-refractivity contribution in [2.45, 2.75) is 70.7 Å². The zero-order chi connectivity index (χ0) is 19.1. The minimum Gasteiger partial charge on any atom is -0.393 e. The fourth-order valence-electron chi connectivity index (χ4n) is 3.82. The molecule has 3 rings (SSSR count). The quantitative estimate of drug-likeness (QED) is 0.528. The lowest BCUT2D eigenvalue weighted by atomic mass is 9.93. The molecule has 0 aromatic heterocycles. The van der Waals surface area contributed by atoms with Crippen molar-refractivity contribution in [2.75, 3.05) is 13.1 Å². The summed E-state index contributed by atoms with van der Waals surface area (Å²) in [6, 6.07) is 8.73. The predicted molar refractivity (Wildman–Crippen MR) is 107 cm³/mol. The van der Waals surface area contributed by atoms with E-state index < -0.39 is 0 Å². The van der Waals surface area contributed by atoms with Crippen molar-refractivity contribution in [2.24, 2.45) is 4.99 Å². The number of hydrogen-bond acceptors (Lipinski definition) is 3. The fraction of sp³-hybridized carbons (Fsp3) is 0.619. The minimum absolute atomic E-state index is 0.146. The van der Waals surface area contributed by atoms with Gasteiger partial charge in [-0.15, -0.1) is 0 Å². The molecule has 148 valence electrons. The first-order chi connectivity index (χ1) is 13.1. The summed E-state index contributed by atoms with van der Waals surface area (Å²) in [5.41, 5.74) is 2.31. The molecule has 0 bridgehead atoms. The summed E-state index contributed by atoms with van der Waals surface area (Å²) in [4.78, 5) is 18.5. The molecule has 2 aliphatic rings. The Kier molecular flexibility index (Phi) is 7.10. The number of carbonyl (C=O) groups is 1. The average molecular weight is 373 g/mol. The number of aliphatic hydroxyl groups is 1. The van der Waals surface area contributed by atoms with E-state index in [1.807, 2.05) is 11.0 Å². The van der Waals surface area contributed by atoms with Crippen LogP contribution in [0, 0.1) is 0 Å². The van der Waals surface area contributed by atoms with Crippen LogP contribution in [0.4, 0.5) is 0 Å². The third-order valence-electron chi connectivity index (χ3n) is 5.34. The molecule has 1 aliphatic heterocycles. The largest absolute Gasteiger partial charge is 0.393 e. The van der Waals surface area contributed by atoms with Gasteiger partial charge in [-0.05, 0) is 50.2 Å². The zero-order valence-corrected chi connectivity index (χ0v) is 16.3. The van der Waals surface area contributed by atoms with Gasteiger partial charge in [-0.25, -0.2) is 4.99 Å². The molecule has 1 saturated carbocycles. The maximum Gasteiger partial charge on any atom is 0.222 e. The van der Waals surface area contributed by atoms with Crippen LogP contribution < -0.4 is 10.6 Å². The highest BCUT2D eigenvalue weighted by molar-refractivity contribution is 5.80. The van der Waals surface area contributed by atoms with Gasteiger partial charge in [0.05, 0.1) is 12.6 Å². The standard InChI is InChI=1S/C21H32N4O2/c1-2-22-21(24-18-8-10-19(26)11-9-18)23-14-16-5-3-6-17(13-16)15-25-12-4-7-20(25)27/h3,5-6,13,18-19,26H,2,4,7-12,14-15H2,1H3,(H2,22,23,24). The smallest absolute Gasteiger partial charge is 0.222 e. The van der Waals surface area contributed by atoms with E-state index in [1.165, 1.54) is 0 Å². The van der Waals surface area contributed by atoms with Gasteiger partial charge in [-0.2, -0.15) is 0 Å². The first-order valence-corrected chi connectivity index (χ1v) is 10.2. The Balaban J connectivity index is 1.58. The lowest BCUT2D eigenvalue weighted by Crippen LogP contribution is -2.45. The summed E-state index contributed by atoms with van der Waals surface area (Å²) in [5.74, 6) is 1.09. The second-order valence-corrected chi connectivity index (χ2v) is 7.58. The van der Waals surface area contributed by atoms with E-state index in [0.29, 0.717) is 25.6 Å². The van der Waals surface area contributed by atoms with Gasteiger partial charge in [0.1, 0.15) is 0 Å². The Labute approximate surface area is 162 Å². The second-order valence-electron chi connectivity index (χ2n) is 7.58. The number of rotatable bonds is 6. The maximum atomic E-state index is 11.8.